The number of carbonyl (C=O) groups is 1. The van der Waals surface area contributed by atoms with Gasteiger partial charge in [0.2, 0.25) is 5.78 Å². The van der Waals surface area contributed by atoms with E-state index < -0.39 is 9.84 Å². The van der Waals surface area contributed by atoms with Crippen LogP contribution in [0.4, 0.5) is 0 Å². The molecule has 0 bridgehead atoms. The van der Waals surface area contributed by atoms with Gasteiger partial charge >= 0.3 is 0 Å². The summed E-state index contributed by atoms with van der Waals surface area (Å²) in [6.07, 6.45) is 3.25. The minimum absolute atomic E-state index is 0.157. The van der Waals surface area contributed by atoms with E-state index in [1.54, 1.807) is 6.07 Å². The van der Waals surface area contributed by atoms with Crippen LogP contribution in [-0.4, -0.2) is 25.6 Å². The summed E-state index contributed by atoms with van der Waals surface area (Å²) in [5, 5.41) is 3.80. The van der Waals surface area contributed by atoms with Gasteiger partial charge in [-0.1, -0.05) is 5.16 Å². The third kappa shape index (κ3) is 2.94. The van der Waals surface area contributed by atoms with E-state index in [4.69, 9.17) is 4.52 Å². The third-order valence-electron chi connectivity index (χ3n) is 3.35. The van der Waals surface area contributed by atoms with Gasteiger partial charge < -0.3 is 4.52 Å². The fraction of sp³-hybridized carbons (Fsp3) is 0.286. The molecule has 1 heterocycles. The molecule has 0 atom stereocenters. The smallest absolute Gasteiger partial charge is 0.216 e. The van der Waals surface area contributed by atoms with Crippen LogP contribution in [0.15, 0.2) is 38.2 Å². The van der Waals surface area contributed by atoms with Crippen molar-refractivity contribution in [3.05, 3.63) is 45.8 Å². The molecule has 21 heavy (non-hydrogen) atoms. The largest absolute Gasteiger partial charge is 0.360 e. The maximum absolute atomic E-state index is 12.4. The zero-order chi connectivity index (χ0) is 15.2. The second-order valence-corrected chi connectivity index (χ2v) is 8.00. The van der Waals surface area contributed by atoms with Crippen molar-refractivity contribution in [3.63, 3.8) is 0 Å². The number of sulfone groups is 1. The van der Waals surface area contributed by atoms with E-state index in [0.717, 1.165) is 24.9 Å². The second kappa shape index (κ2) is 5.06. The molecule has 0 N–H and O–H groups in total. The van der Waals surface area contributed by atoms with E-state index in [2.05, 4.69) is 21.1 Å². The average molecular weight is 370 g/mol. The van der Waals surface area contributed by atoms with Gasteiger partial charge in [0.15, 0.2) is 15.5 Å². The first-order chi connectivity index (χ1) is 9.86. The van der Waals surface area contributed by atoms with Gasteiger partial charge in [-0.2, -0.15) is 0 Å². The lowest BCUT2D eigenvalue weighted by molar-refractivity contribution is 0.102. The first-order valence-electron chi connectivity index (χ1n) is 6.37. The van der Waals surface area contributed by atoms with Crippen molar-refractivity contribution < 1.29 is 17.7 Å². The lowest BCUT2D eigenvalue weighted by atomic mass is 10.1. The number of aromatic nitrogens is 1. The number of hydrogen-bond donors (Lipinski definition) is 0. The molecule has 0 aliphatic heterocycles. The number of rotatable bonds is 4. The van der Waals surface area contributed by atoms with Crippen molar-refractivity contribution >= 4 is 31.6 Å². The Hall–Kier alpha value is -1.47. The van der Waals surface area contributed by atoms with Crippen LogP contribution in [0, 0.1) is 0 Å². The van der Waals surface area contributed by atoms with Crippen molar-refractivity contribution in [3.8, 4) is 0 Å². The van der Waals surface area contributed by atoms with Crippen LogP contribution in [0.1, 0.15) is 40.6 Å². The molecular formula is C14H12BrNO4S. The number of ketones is 1. The van der Waals surface area contributed by atoms with Crippen LogP contribution >= 0.6 is 15.9 Å². The zero-order valence-corrected chi connectivity index (χ0v) is 13.6. The highest BCUT2D eigenvalue weighted by molar-refractivity contribution is 9.10. The van der Waals surface area contributed by atoms with Crippen molar-refractivity contribution in [2.24, 2.45) is 0 Å². The Balaban J connectivity index is 1.93. The summed E-state index contributed by atoms with van der Waals surface area (Å²) in [6, 6.07) is 5.98. The van der Waals surface area contributed by atoms with E-state index in [0.29, 0.717) is 16.0 Å². The van der Waals surface area contributed by atoms with Crippen molar-refractivity contribution in [2.45, 2.75) is 23.7 Å². The quantitative estimate of drug-likeness (QED) is 0.774. The number of nitrogens with zero attached hydrogens (tertiary/aromatic N) is 1. The molecule has 1 aromatic heterocycles. The summed E-state index contributed by atoms with van der Waals surface area (Å²) in [4.78, 5) is 12.5. The lowest BCUT2D eigenvalue weighted by Gasteiger charge is -2.04. The number of halogens is 1. The number of carbonyl (C=O) groups excluding carboxylic acids is 1. The van der Waals surface area contributed by atoms with Gasteiger partial charge in [-0.05, 0) is 47.0 Å². The Bertz CT molecular complexity index is 821. The Kier molecular flexibility index (Phi) is 3.49. The van der Waals surface area contributed by atoms with Gasteiger partial charge in [0.25, 0.3) is 0 Å². The molecule has 1 aliphatic rings. The molecule has 7 heteroatoms. The third-order valence-corrected chi connectivity index (χ3v) is 5.12. The molecule has 5 nitrogen and oxygen atoms in total. The van der Waals surface area contributed by atoms with E-state index in [1.807, 2.05) is 0 Å². The van der Waals surface area contributed by atoms with Crippen LogP contribution in [-0.2, 0) is 9.84 Å². The summed E-state index contributed by atoms with van der Waals surface area (Å²) in [6.45, 7) is 0. The molecule has 110 valence electrons. The molecule has 0 amide bonds. The Morgan fingerprint density at radius 2 is 2.05 bits per heavy atom. The van der Waals surface area contributed by atoms with Gasteiger partial charge in [-0.15, -0.1) is 0 Å². The highest BCUT2D eigenvalue weighted by Crippen LogP contribution is 2.40. The van der Waals surface area contributed by atoms with Gasteiger partial charge in [-0.3, -0.25) is 4.79 Å². The normalized spacial score (nSPS) is 15.1. The van der Waals surface area contributed by atoms with E-state index in [-0.39, 0.29) is 16.4 Å². The van der Waals surface area contributed by atoms with Crippen LogP contribution < -0.4 is 0 Å². The first kappa shape index (κ1) is 14.5. The number of benzene rings is 1. The Morgan fingerprint density at radius 3 is 2.62 bits per heavy atom. The summed E-state index contributed by atoms with van der Waals surface area (Å²) in [5.41, 5.74) is 0.600. The minimum atomic E-state index is -3.31. The molecule has 0 saturated heterocycles. The fourth-order valence-corrected chi connectivity index (χ4v) is 3.36. The standard InChI is InChI=1S/C14H12BrNO4S/c1-21(18,19)9-4-5-10(11(15)6-9)14(17)12-7-13(20-16-12)8-2-3-8/h4-8H,2-3H2,1H3. The van der Waals surface area contributed by atoms with Crippen molar-refractivity contribution in [1.82, 2.24) is 5.16 Å². The summed E-state index contributed by atoms with van der Waals surface area (Å²) in [7, 11) is -3.31. The highest BCUT2D eigenvalue weighted by atomic mass is 79.9. The molecule has 3 rings (SSSR count). The maximum atomic E-state index is 12.4. The highest BCUT2D eigenvalue weighted by Gasteiger charge is 2.29. The summed E-state index contributed by atoms with van der Waals surface area (Å²) < 4.78 is 28.6. The van der Waals surface area contributed by atoms with Crippen LogP contribution in [0.3, 0.4) is 0 Å². The molecule has 0 unspecified atom stereocenters. The monoisotopic (exact) mass is 369 g/mol. The Labute approximate surface area is 130 Å². The Morgan fingerprint density at radius 1 is 1.33 bits per heavy atom. The average Bonchev–Trinajstić information content (AvgIpc) is 3.15. The first-order valence-corrected chi connectivity index (χ1v) is 9.05. The zero-order valence-electron chi connectivity index (χ0n) is 11.2. The van der Waals surface area contributed by atoms with Gasteiger partial charge in [-0.25, -0.2) is 8.42 Å². The van der Waals surface area contributed by atoms with Gasteiger partial charge in [0.05, 0.1) is 4.90 Å². The maximum Gasteiger partial charge on any atom is 0.216 e. The second-order valence-electron chi connectivity index (χ2n) is 5.13. The molecule has 0 spiro atoms. The van der Waals surface area contributed by atoms with Gasteiger partial charge in [0, 0.05) is 28.3 Å². The van der Waals surface area contributed by atoms with E-state index >= 15 is 0 Å². The fourth-order valence-electron chi connectivity index (χ4n) is 2.01. The molecular weight excluding hydrogens is 358 g/mol. The molecule has 1 aliphatic carbocycles. The van der Waals surface area contributed by atoms with Crippen molar-refractivity contribution in [1.29, 1.82) is 0 Å². The van der Waals surface area contributed by atoms with Crippen LogP contribution in [0.2, 0.25) is 0 Å². The molecule has 0 radical (unpaired) electrons. The molecule has 1 aromatic carbocycles. The summed E-state index contributed by atoms with van der Waals surface area (Å²) >= 11 is 3.24. The van der Waals surface area contributed by atoms with Gasteiger partial charge in [0.1, 0.15) is 5.76 Å². The van der Waals surface area contributed by atoms with Crippen molar-refractivity contribution in [2.75, 3.05) is 6.26 Å². The minimum Gasteiger partial charge on any atom is -0.360 e. The molecule has 1 fully saturated rings. The summed E-state index contributed by atoms with van der Waals surface area (Å²) in [5.74, 6) is 0.829. The number of hydrogen-bond acceptors (Lipinski definition) is 5. The topological polar surface area (TPSA) is 77.2 Å². The van der Waals surface area contributed by atoms with Crippen LogP contribution in [0.25, 0.3) is 0 Å². The van der Waals surface area contributed by atoms with E-state index in [1.165, 1.54) is 18.2 Å². The predicted octanol–water partition coefficient (Wildman–Crippen LogP) is 2.95. The van der Waals surface area contributed by atoms with Crippen LogP contribution in [0.5, 0.6) is 0 Å². The molecule has 1 saturated carbocycles. The molecule has 2 aromatic rings. The SMILES string of the molecule is CS(=O)(=O)c1ccc(C(=O)c2cc(C3CC3)on2)c(Br)c1. The lowest BCUT2D eigenvalue weighted by Crippen LogP contribution is -2.04. The predicted molar refractivity (Wildman–Crippen MR) is 79.2 cm³/mol. The van der Waals surface area contributed by atoms with E-state index in [9.17, 15) is 13.2 Å².